The Hall–Kier alpha value is -1.66. The second-order valence-corrected chi connectivity index (χ2v) is 4.71. The van der Waals surface area contributed by atoms with Crippen molar-refractivity contribution in [2.45, 2.75) is 6.04 Å². The van der Waals surface area contributed by atoms with E-state index < -0.39 is 0 Å². The first-order valence-corrected chi connectivity index (χ1v) is 6.26. The van der Waals surface area contributed by atoms with Gasteiger partial charge in [0.25, 0.3) is 5.91 Å². The molecule has 1 saturated heterocycles. The molecule has 0 aromatic carbocycles. The maximum atomic E-state index is 11.8. The van der Waals surface area contributed by atoms with Crippen molar-refractivity contribution in [3.05, 3.63) is 23.9 Å². The summed E-state index contributed by atoms with van der Waals surface area (Å²) in [5.74, 6) is 0.692. The van der Waals surface area contributed by atoms with Crippen LogP contribution in [0.25, 0.3) is 0 Å². The molecule has 1 aliphatic rings. The lowest BCUT2D eigenvalue weighted by Gasteiger charge is -2.35. The van der Waals surface area contributed by atoms with Gasteiger partial charge in [0.1, 0.15) is 5.82 Å². The lowest BCUT2D eigenvalue weighted by Crippen LogP contribution is -2.48. The summed E-state index contributed by atoms with van der Waals surface area (Å²) in [7, 11) is 3.42. The molecule has 6 heteroatoms. The molecule has 2 rings (SSSR count). The highest BCUT2D eigenvalue weighted by Gasteiger charge is 2.23. The van der Waals surface area contributed by atoms with E-state index in [9.17, 15) is 9.90 Å². The number of pyridine rings is 1. The first-order valence-electron chi connectivity index (χ1n) is 6.26. The van der Waals surface area contributed by atoms with Crippen LogP contribution >= 0.6 is 0 Å². The van der Waals surface area contributed by atoms with Crippen LogP contribution in [-0.4, -0.2) is 67.4 Å². The molecule has 6 nitrogen and oxygen atoms in total. The number of nitrogens with zero attached hydrogens (tertiary/aromatic N) is 3. The van der Waals surface area contributed by atoms with E-state index in [0.717, 1.165) is 5.82 Å². The molecular formula is C13H19N3O3. The molecule has 0 radical (unpaired) electrons. The number of aliphatic hydroxyl groups excluding tert-OH is 1. The van der Waals surface area contributed by atoms with Gasteiger partial charge in [-0.2, -0.15) is 0 Å². The highest BCUT2D eigenvalue weighted by Crippen LogP contribution is 2.17. The Bertz CT molecular complexity index is 433. The number of aromatic nitrogens is 1. The van der Waals surface area contributed by atoms with E-state index in [1.807, 2.05) is 11.0 Å². The number of carbonyl (C=O) groups excluding carboxylic acids is 1. The molecule has 1 aromatic heterocycles. The Morgan fingerprint density at radius 1 is 1.58 bits per heavy atom. The lowest BCUT2D eigenvalue weighted by atomic mass is 10.2. The highest BCUT2D eigenvalue weighted by molar-refractivity contribution is 5.93. The molecule has 19 heavy (non-hydrogen) atoms. The predicted octanol–water partition coefficient (Wildman–Crippen LogP) is -0.0191. The van der Waals surface area contributed by atoms with Crippen molar-refractivity contribution in [2.75, 3.05) is 45.4 Å². The molecule has 2 heterocycles. The molecular weight excluding hydrogens is 246 g/mol. The van der Waals surface area contributed by atoms with Gasteiger partial charge in [0, 0.05) is 26.8 Å². The van der Waals surface area contributed by atoms with Gasteiger partial charge in [0.05, 0.1) is 31.4 Å². The Morgan fingerprint density at radius 3 is 2.95 bits per heavy atom. The van der Waals surface area contributed by atoms with Gasteiger partial charge in [0.15, 0.2) is 0 Å². The first kappa shape index (κ1) is 13.8. The van der Waals surface area contributed by atoms with Gasteiger partial charge in [-0.25, -0.2) is 4.98 Å². The van der Waals surface area contributed by atoms with Gasteiger partial charge in [-0.05, 0) is 12.1 Å². The molecule has 104 valence electrons. The average molecular weight is 265 g/mol. The smallest absolute Gasteiger partial charge is 0.254 e. The fourth-order valence-electron chi connectivity index (χ4n) is 2.05. The normalized spacial score (nSPS) is 19.3. The quantitative estimate of drug-likeness (QED) is 0.832. The zero-order chi connectivity index (χ0) is 13.8. The van der Waals surface area contributed by atoms with Gasteiger partial charge >= 0.3 is 0 Å². The monoisotopic (exact) mass is 265 g/mol. The maximum Gasteiger partial charge on any atom is 0.254 e. The SMILES string of the molecule is CN(C)C(=O)c1ccc(N2CCOCC2CO)nc1. The molecule has 0 aliphatic carbocycles. The Kier molecular flexibility index (Phi) is 4.34. The number of morpholine rings is 1. The van der Waals surface area contributed by atoms with Gasteiger partial charge in [0.2, 0.25) is 0 Å². The highest BCUT2D eigenvalue weighted by atomic mass is 16.5. The minimum absolute atomic E-state index is 0.0278. The third-order valence-corrected chi connectivity index (χ3v) is 3.13. The predicted molar refractivity (Wildman–Crippen MR) is 71.3 cm³/mol. The van der Waals surface area contributed by atoms with E-state index in [4.69, 9.17) is 4.74 Å². The van der Waals surface area contributed by atoms with Crippen molar-refractivity contribution >= 4 is 11.7 Å². The minimum Gasteiger partial charge on any atom is -0.394 e. The number of carbonyl (C=O) groups is 1. The van der Waals surface area contributed by atoms with Gasteiger partial charge in [-0.15, -0.1) is 0 Å². The number of ether oxygens (including phenoxy) is 1. The summed E-state index contributed by atoms with van der Waals surface area (Å²) >= 11 is 0. The summed E-state index contributed by atoms with van der Waals surface area (Å²) in [4.78, 5) is 19.6. The van der Waals surface area contributed by atoms with E-state index in [0.29, 0.717) is 25.3 Å². The van der Waals surface area contributed by atoms with E-state index >= 15 is 0 Å². The van der Waals surface area contributed by atoms with E-state index in [-0.39, 0.29) is 18.6 Å². The minimum atomic E-state index is -0.0725. The average Bonchev–Trinajstić information content (AvgIpc) is 2.46. The lowest BCUT2D eigenvalue weighted by molar-refractivity contribution is 0.0722. The zero-order valence-electron chi connectivity index (χ0n) is 11.2. The number of amides is 1. The molecule has 1 amide bonds. The van der Waals surface area contributed by atoms with Crippen molar-refractivity contribution in [2.24, 2.45) is 0 Å². The van der Waals surface area contributed by atoms with Gasteiger partial charge < -0.3 is 19.6 Å². The summed E-state index contributed by atoms with van der Waals surface area (Å²) in [5.41, 5.74) is 0.558. The number of hydrogen-bond donors (Lipinski definition) is 1. The summed E-state index contributed by atoms with van der Waals surface area (Å²) in [6, 6.07) is 3.50. The number of rotatable bonds is 3. The van der Waals surface area contributed by atoms with Crippen LogP contribution < -0.4 is 4.90 Å². The van der Waals surface area contributed by atoms with Crippen molar-refractivity contribution in [3.8, 4) is 0 Å². The summed E-state index contributed by atoms with van der Waals surface area (Å²) < 4.78 is 5.33. The van der Waals surface area contributed by atoms with Crippen molar-refractivity contribution in [1.82, 2.24) is 9.88 Å². The first-order chi connectivity index (χ1) is 9.13. The van der Waals surface area contributed by atoms with Crippen LogP contribution in [0.2, 0.25) is 0 Å². The van der Waals surface area contributed by atoms with Crippen molar-refractivity contribution in [3.63, 3.8) is 0 Å². The van der Waals surface area contributed by atoms with Crippen molar-refractivity contribution in [1.29, 1.82) is 0 Å². The van der Waals surface area contributed by atoms with Crippen LogP contribution in [0.5, 0.6) is 0 Å². The molecule has 1 aromatic rings. The maximum absolute atomic E-state index is 11.8. The molecule has 0 spiro atoms. The number of aliphatic hydroxyl groups is 1. The second kappa shape index (κ2) is 5.99. The third kappa shape index (κ3) is 3.02. The van der Waals surface area contributed by atoms with Crippen LogP contribution in [0, 0.1) is 0 Å². The van der Waals surface area contributed by atoms with Gasteiger partial charge in [-0.3, -0.25) is 4.79 Å². The number of hydrogen-bond acceptors (Lipinski definition) is 5. The van der Waals surface area contributed by atoms with E-state index in [1.54, 1.807) is 26.4 Å². The fraction of sp³-hybridized carbons (Fsp3) is 0.538. The molecule has 1 fully saturated rings. The van der Waals surface area contributed by atoms with Crippen LogP contribution in [0.3, 0.4) is 0 Å². The van der Waals surface area contributed by atoms with Crippen LogP contribution in [0.4, 0.5) is 5.82 Å². The number of anilines is 1. The topological polar surface area (TPSA) is 65.9 Å². The van der Waals surface area contributed by atoms with Crippen LogP contribution in [-0.2, 0) is 4.74 Å². The molecule has 1 atom stereocenters. The summed E-state index contributed by atoms with van der Waals surface area (Å²) in [6.45, 7) is 1.84. The summed E-state index contributed by atoms with van der Waals surface area (Å²) in [6.07, 6.45) is 1.57. The zero-order valence-corrected chi connectivity index (χ0v) is 11.2. The van der Waals surface area contributed by atoms with Crippen molar-refractivity contribution < 1.29 is 14.6 Å². The van der Waals surface area contributed by atoms with E-state index in [1.165, 1.54) is 4.90 Å². The summed E-state index contributed by atoms with van der Waals surface area (Å²) in [5, 5.41) is 9.33. The Morgan fingerprint density at radius 2 is 2.37 bits per heavy atom. The molecule has 1 unspecified atom stereocenters. The van der Waals surface area contributed by atoms with Crippen LogP contribution in [0.1, 0.15) is 10.4 Å². The van der Waals surface area contributed by atoms with Gasteiger partial charge in [-0.1, -0.05) is 0 Å². The third-order valence-electron chi connectivity index (χ3n) is 3.13. The fourth-order valence-corrected chi connectivity index (χ4v) is 2.05. The Labute approximate surface area is 112 Å². The largest absolute Gasteiger partial charge is 0.394 e. The molecule has 1 aliphatic heterocycles. The second-order valence-electron chi connectivity index (χ2n) is 4.71. The van der Waals surface area contributed by atoms with Crippen LogP contribution in [0.15, 0.2) is 18.3 Å². The molecule has 0 bridgehead atoms. The van der Waals surface area contributed by atoms with E-state index in [2.05, 4.69) is 4.98 Å². The standard InChI is InChI=1S/C13H19N3O3/c1-15(2)13(18)10-3-4-12(14-7-10)16-5-6-19-9-11(16)8-17/h3-4,7,11,17H,5-6,8-9H2,1-2H3. The molecule has 1 N–H and O–H groups in total. The Balaban J connectivity index is 2.15. The molecule has 0 saturated carbocycles.